The molecule has 1 fully saturated rings. The smallest absolute Gasteiger partial charge is 0.320 e. The zero-order valence-electron chi connectivity index (χ0n) is 9.14. The van der Waals surface area contributed by atoms with Crippen LogP contribution in [-0.4, -0.2) is 35.7 Å². The lowest BCUT2D eigenvalue weighted by atomic mass is 10.0. The highest BCUT2D eigenvalue weighted by molar-refractivity contribution is 5.84. The number of rotatable bonds is 2. The molecule has 0 bridgehead atoms. The molecule has 0 spiro atoms. The first-order chi connectivity index (χ1) is 7.72. The second-order valence-corrected chi connectivity index (χ2v) is 3.74. The molecular formula is C9H15N5O2. The highest BCUT2D eigenvalue weighted by atomic mass is 16.4. The standard InChI is InChI=1S/C9H15N5O2/c1-11-7(15)6-4-2-3-5-14(6)9-13-12-8(10)16-9/h6H,2-5H2,1H3,(H2,10,12)(H,11,15). The van der Waals surface area contributed by atoms with Gasteiger partial charge >= 0.3 is 12.0 Å². The lowest BCUT2D eigenvalue weighted by Gasteiger charge is -2.32. The minimum absolute atomic E-state index is 0.0243. The van der Waals surface area contributed by atoms with E-state index in [-0.39, 0.29) is 18.0 Å². The largest absolute Gasteiger partial charge is 0.390 e. The van der Waals surface area contributed by atoms with E-state index in [1.807, 2.05) is 4.90 Å². The predicted octanol–water partition coefficient (Wildman–Crippen LogP) is -0.243. The second kappa shape index (κ2) is 4.38. The third-order valence-electron chi connectivity index (χ3n) is 2.73. The van der Waals surface area contributed by atoms with E-state index in [4.69, 9.17) is 10.2 Å². The number of amides is 1. The van der Waals surface area contributed by atoms with Crippen LogP contribution in [0.25, 0.3) is 0 Å². The first-order valence-electron chi connectivity index (χ1n) is 5.29. The van der Waals surface area contributed by atoms with Gasteiger partial charge in [0.2, 0.25) is 5.91 Å². The Morgan fingerprint density at radius 3 is 3.00 bits per heavy atom. The first kappa shape index (κ1) is 10.7. The summed E-state index contributed by atoms with van der Waals surface area (Å²) in [6, 6.07) is 0.112. The van der Waals surface area contributed by atoms with Crippen molar-refractivity contribution in [2.24, 2.45) is 0 Å². The molecule has 1 atom stereocenters. The summed E-state index contributed by atoms with van der Waals surface area (Å²) >= 11 is 0. The van der Waals surface area contributed by atoms with Crippen LogP contribution in [0.5, 0.6) is 0 Å². The van der Waals surface area contributed by atoms with E-state index in [9.17, 15) is 4.79 Å². The van der Waals surface area contributed by atoms with Gasteiger partial charge in [0.05, 0.1) is 0 Å². The monoisotopic (exact) mass is 225 g/mol. The van der Waals surface area contributed by atoms with Crippen molar-refractivity contribution < 1.29 is 9.21 Å². The van der Waals surface area contributed by atoms with Crippen LogP contribution in [0.3, 0.4) is 0 Å². The molecule has 1 unspecified atom stereocenters. The second-order valence-electron chi connectivity index (χ2n) is 3.74. The number of nitrogens with two attached hydrogens (primary N) is 1. The zero-order chi connectivity index (χ0) is 11.5. The molecule has 0 saturated carbocycles. The number of likely N-dealkylation sites (N-methyl/N-ethyl adjacent to an activating group) is 1. The summed E-state index contributed by atoms with van der Waals surface area (Å²) in [7, 11) is 1.62. The molecule has 0 aromatic carbocycles. The summed E-state index contributed by atoms with van der Waals surface area (Å²) in [6.07, 6.45) is 2.83. The van der Waals surface area contributed by atoms with Crippen molar-refractivity contribution in [3.63, 3.8) is 0 Å². The minimum Gasteiger partial charge on any atom is -0.390 e. The van der Waals surface area contributed by atoms with Gasteiger partial charge in [0.1, 0.15) is 6.04 Å². The number of nitrogens with zero attached hydrogens (tertiary/aromatic N) is 3. The quantitative estimate of drug-likeness (QED) is 0.720. The molecule has 2 rings (SSSR count). The first-order valence-corrected chi connectivity index (χ1v) is 5.29. The van der Waals surface area contributed by atoms with Crippen molar-refractivity contribution in [3.8, 4) is 0 Å². The summed E-state index contributed by atoms with van der Waals surface area (Å²) < 4.78 is 5.15. The molecule has 88 valence electrons. The lowest BCUT2D eigenvalue weighted by Crippen LogP contribution is -2.49. The summed E-state index contributed by atoms with van der Waals surface area (Å²) in [5.41, 5.74) is 5.37. The van der Waals surface area contributed by atoms with E-state index in [1.165, 1.54) is 0 Å². The molecule has 2 heterocycles. The predicted molar refractivity (Wildman–Crippen MR) is 57.8 cm³/mol. The van der Waals surface area contributed by atoms with Gasteiger partial charge in [-0.05, 0) is 19.3 Å². The zero-order valence-corrected chi connectivity index (χ0v) is 9.14. The Morgan fingerprint density at radius 1 is 1.56 bits per heavy atom. The van der Waals surface area contributed by atoms with E-state index in [0.29, 0.717) is 6.01 Å². The van der Waals surface area contributed by atoms with Gasteiger partial charge in [-0.2, -0.15) is 0 Å². The van der Waals surface area contributed by atoms with Crippen molar-refractivity contribution in [1.29, 1.82) is 0 Å². The molecule has 1 aliphatic heterocycles. The van der Waals surface area contributed by atoms with Gasteiger partial charge in [-0.25, -0.2) is 0 Å². The maximum atomic E-state index is 11.7. The molecule has 16 heavy (non-hydrogen) atoms. The average molecular weight is 225 g/mol. The number of nitrogen functional groups attached to an aromatic ring is 1. The SMILES string of the molecule is CNC(=O)C1CCCCN1c1nnc(N)o1. The van der Waals surface area contributed by atoms with E-state index < -0.39 is 0 Å². The van der Waals surface area contributed by atoms with Crippen LogP contribution < -0.4 is 16.0 Å². The Hall–Kier alpha value is -1.79. The molecule has 1 saturated heterocycles. The molecule has 0 aliphatic carbocycles. The van der Waals surface area contributed by atoms with Crippen molar-refractivity contribution in [1.82, 2.24) is 15.5 Å². The number of carbonyl (C=O) groups excluding carboxylic acids is 1. The third-order valence-corrected chi connectivity index (χ3v) is 2.73. The molecule has 1 amide bonds. The normalized spacial score (nSPS) is 20.8. The fourth-order valence-corrected chi connectivity index (χ4v) is 1.94. The van der Waals surface area contributed by atoms with Gasteiger partial charge in [0.15, 0.2) is 0 Å². The summed E-state index contributed by atoms with van der Waals surface area (Å²) in [6.45, 7) is 0.736. The molecule has 7 heteroatoms. The highest BCUT2D eigenvalue weighted by Crippen LogP contribution is 2.24. The Kier molecular flexibility index (Phi) is 2.93. The summed E-state index contributed by atoms with van der Waals surface area (Å²) in [5.74, 6) is -0.0310. The number of nitrogens with one attached hydrogen (secondary N) is 1. The van der Waals surface area contributed by atoms with Crippen molar-refractivity contribution in [2.75, 3.05) is 24.2 Å². The third kappa shape index (κ3) is 1.93. The van der Waals surface area contributed by atoms with Gasteiger partial charge in [-0.3, -0.25) is 4.79 Å². The maximum absolute atomic E-state index is 11.7. The molecule has 1 aromatic heterocycles. The fourth-order valence-electron chi connectivity index (χ4n) is 1.94. The summed E-state index contributed by atoms with van der Waals surface area (Å²) in [4.78, 5) is 13.5. The molecule has 0 radical (unpaired) electrons. The van der Waals surface area contributed by atoms with E-state index in [1.54, 1.807) is 7.05 Å². The van der Waals surface area contributed by atoms with Gasteiger partial charge < -0.3 is 20.4 Å². The van der Waals surface area contributed by atoms with Crippen LogP contribution in [0.2, 0.25) is 0 Å². The number of anilines is 2. The Morgan fingerprint density at radius 2 is 2.38 bits per heavy atom. The van der Waals surface area contributed by atoms with Crippen LogP contribution in [-0.2, 0) is 4.79 Å². The Balaban J connectivity index is 2.19. The number of carbonyl (C=O) groups is 1. The van der Waals surface area contributed by atoms with Gasteiger partial charge in [-0.1, -0.05) is 10.2 Å². The minimum atomic E-state index is -0.237. The van der Waals surface area contributed by atoms with Gasteiger partial charge in [-0.15, -0.1) is 0 Å². The van der Waals surface area contributed by atoms with E-state index in [2.05, 4.69) is 15.5 Å². The van der Waals surface area contributed by atoms with Crippen LogP contribution in [0.4, 0.5) is 12.0 Å². The number of piperidine rings is 1. The van der Waals surface area contributed by atoms with Crippen molar-refractivity contribution in [3.05, 3.63) is 0 Å². The topological polar surface area (TPSA) is 97.3 Å². The molecule has 1 aliphatic rings. The van der Waals surface area contributed by atoms with Crippen LogP contribution >= 0.6 is 0 Å². The Bertz CT molecular complexity index is 378. The van der Waals surface area contributed by atoms with Crippen molar-refractivity contribution in [2.45, 2.75) is 25.3 Å². The maximum Gasteiger partial charge on any atom is 0.320 e. The molecule has 7 nitrogen and oxygen atoms in total. The van der Waals surface area contributed by atoms with Crippen LogP contribution in [0, 0.1) is 0 Å². The summed E-state index contributed by atoms with van der Waals surface area (Å²) in [5, 5.41) is 10.0. The van der Waals surface area contributed by atoms with Gasteiger partial charge in [0.25, 0.3) is 0 Å². The van der Waals surface area contributed by atoms with E-state index in [0.717, 1.165) is 25.8 Å². The molecule has 3 N–H and O–H groups in total. The van der Waals surface area contributed by atoms with E-state index >= 15 is 0 Å². The van der Waals surface area contributed by atoms with Crippen molar-refractivity contribution >= 4 is 17.9 Å². The number of aromatic nitrogens is 2. The highest BCUT2D eigenvalue weighted by Gasteiger charge is 2.31. The van der Waals surface area contributed by atoms with Crippen LogP contribution in [0.1, 0.15) is 19.3 Å². The van der Waals surface area contributed by atoms with Gasteiger partial charge in [0, 0.05) is 13.6 Å². The van der Waals surface area contributed by atoms with Crippen LogP contribution in [0.15, 0.2) is 4.42 Å². The lowest BCUT2D eigenvalue weighted by molar-refractivity contribution is -0.122. The Labute approximate surface area is 93.0 Å². The fraction of sp³-hybridized carbons (Fsp3) is 0.667. The molecule has 1 aromatic rings. The number of hydrogen-bond acceptors (Lipinski definition) is 6. The molecular weight excluding hydrogens is 210 g/mol. The number of hydrogen-bond donors (Lipinski definition) is 2. The average Bonchev–Trinajstić information content (AvgIpc) is 2.75.